The number of piperazine rings is 1. The molecule has 0 spiro atoms. The molecular weight excluding hydrogens is 423 g/mol. The Hall–Kier alpha value is -0.820. The number of benzene rings is 1. The molecule has 5 heteroatoms. The predicted octanol–water partition coefficient (Wildman–Crippen LogP) is 3.19. The van der Waals surface area contributed by atoms with Gasteiger partial charge in [-0.25, -0.2) is 0 Å². The van der Waals surface area contributed by atoms with Gasteiger partial charge in [-0.15, -0.1) is 24.0 Å². The summed E-state index contributed by atoms with van der Waals surface area (Å²) < 4.78 is 0. The number of aliphatic imine (C=N–C) groups is 1. The Morgan fingerprint density at radius 3 is 2.36 bits per heavy atom. The molecular formula is C20H31IN4. The molecule has 1 N–H and O–H groups in total. The van der Waals surface area contributed by atoms with Gasteiger partial charge >= 0.3 is 0 Å². The fourth-order valence-electron chi connectivity index (χ4n) is 4.13. The minimum atomic E-state index is 0. The van der Waals surface area contributed by atoms with E-state index in [1.807, 2.05) is 7.05 Å². The van der Waals surface area contributed by atoms with E-state index in [0.717, 1.165) is 51.1 Å². The fraction of sp³-hybridized carbons (Fsp3) is 0.650. The molecule has 25 heavy (non-hydrogen) atoms. The van der Waals surface area contributed by atoms with Crippen LogP contribution in [0.15, 0.2) is 35.3 Å². The van der Waals surface area contributed by atoms with Crippen LogP contribution in [-0.2, 0) is 6.54 Å². The second-order valence-corrected chi connectivity index (χ2v) is 7.79. The summed E-state index contributed by atoms with van der Waals surface area (Å²) in [6.45, 7) is 6.57. The Morgan fingerprint density at radius 1 is 1.12 bits per heavy atom. The van der Waals surface area contributed by atoms with Gasteiger partial charge in [0.05, 0.1) is 0 Å². The highest BCUT2D eigenvalue weighted by Gasteiger charge is 2.53. The van der Waals surface area contributed by atoms with E-state index >= 15 is 0 Å². The third-order valence-corrected chi connectivity index (χ3v) is 6.07. The molecule has 0 atom stereocenters. The second kappa shape index (κ2) is 8.25. The van der Waals surface area contributed by atoms with E-state index in [-0.39, 0.29) is 24.0 Å². The summed E-state index contributed by atoms with van der Waals surface area (Å²) in [5.41, 5.74) is 2.04. The van der Waals surface area contributed by atoms with E-state index in [0.29, 0.717) is 5.41 Å². The smallest absolute Gasteiger partial charge is 0.193 e. The molecule has 0 bridgehead atoms. The first-order chi connectivity index (χ1) is 11.8. The standard InChI is InChI=1S/C20H30N4.HI/c1-21-19(22-16-20(9-10-20)18-7-8-18)24-13-11-23(12-14-24)15-17-5-3-2-4-6-17;/h2-6,18H,7-16H2,1H3,(H,21,22);1H. The minimum Gasteiger partial charge on any atom is -0.356 e. The van der Waals surface area contributed by atoms with Crippen molar-refractivity contribution < 1.29 is 0 Å². The number of hydrogen-bond donors (Lipinski definition) is 1. The third kappa shape index (κ3) is 4.67. The summed E-state index contributed by atoms with van der Waals surface area (Å²) in [4.78, 5) is 9.53. The monoisotopic (exact) mass is 454 g/mol. The second-order valence-electron chi connectivity index (χ2n) is 7.79. The summed E-state index contributed by atoms with van der Waals surface area (Å²) in [7, 11) is 1.93. The van der Waals surface area contributed by atoms with Crippen LogP contribution in [0.4, 0.5) is 0 Å². The van der Waals surface area contributed by atoms with E-state index < -0.39 is 0 Å². The van der Waals surface area contributed by atoms with Gasteiger partial charge in [-0.05, 0) is 42.6 Å². The summed E-state index contributed by atoms with van der Waals surface area (Å²) in [5.74, 6) is 2.12. The molecule has 138 valence electrons. The van der Waals surface area contributed by atoms with Crippen LogP contribution < -0.4 is 5.32 Å². The first kappa shape index (κ1) is 19.0. The Balaban J connectivity index is 0.00000182. The van der Waals surface area contributed by atoms with Crippen molar-refractivity contribution in [1.29, 1.82) is 0 Å². The normalized spacial score (nSPS) is 23.1. The van der Waals surface area contributed by atoms with Gasteiger partial charge in [-0.1, -0.05) is 30.3 Å². The maximum atomic E-state index is 4.54. The molecule has 3 aliphatic rings. The van der Waals surface area contributed by atoms with Crippen LogP contribution in [0.1, 0.15) is 31.2 Å². The van der Waals surface area contributed by atoms with Gasteiger partial charge in [0.15, 0.2) is 5.96 Å². The Morgan fingerprint density at radius 2 is 1.80 bits per heavy atom. The minimum absolute atomic E-state index is 0. The van der Waals surface area contributed by atoms with E-state index in [4.69, 9.17) is 0 Å². The Bertz CT molecular complexity index is 573. The van der Waals surface area contributed by atoms with Crippen molar-refractivity contribution in [2.75, 3.05) is 39.8 Å². The van der Waals surface area contributed by atoms with Crippen molar-refractivity contribution in [3.63, 3.8) is 0 Å². The van der Waals surface area contributed by atoms with Crippen molar-refractivity contribution in [3.05, 3.63) is 35.9 Å². The zero-order chi connectivity index (χ0) is 16.4. The van der Waals surface area contributed by atoms with Crippen LogP contribution in [0.25, 0.3) is 0 Å². The van der Waals surface area contributed by atoms with Crippen molar-refractivity contribution in [3.8, 4) is 0 Å². The van der Waals surface area contributed by atoms with Gasteiger partial charge in [0.25, 0.3) is 0 Å². The largest absolute Gasteiger partial charge is 0.356 e. The quantitative estimate of drug-likeness (QED) is 0.421. The SMILES string of the molecule is CN=C(NCC1(C2CC2)CC1)N1CCN(Cc2ccccc2)CC1.I. The average Bonchev–Trinajstić information content (AvgIpc) is 3.51. The van der Waals surface area contributed by atoms with Crippen molar-refractivity contribution in [2.24, 2.45) is 16.3 Å². The Labute approximate surface area is 169 Å². The molecule has 0 radical (unpaired) electrons. The summed E-state index contributed by atoms with van der Waals surface area (Å²) in [6, 6.07) is 10.8. The van der Waals surface area contributed by atoms with Crippen molar-refractivity contribution in [1.82, 2.24) is 15.1 Å². The fourth-order valence-corrected chi connectivity index (χ4v) is 4.13. The molecule has 0 amide bonds. The van der Waals surface area contributed by atoms with Crippen LogP contribution in [0.5, 0.6) is 0 Å². The van der Waals surface area contributed by atoms with E-state index in [9.17, 15) is 0 Å². The lowest BCUT2D eigenvalue weighted by Crippen LogP contribution is -2.53. The van der Waals surface area contributed by atoms with Crippen LogP contribution in [0.3, 0.4) is 0 Å². The number of rotatable bonds is 5. The van der Waals surface area contributed by atoms with Crippen molar-refractivity contribution >= 4 is 29.9 Å². The maximum absolute atomic E-state index is 4.54. The molecule has 4 nitrogen and oxygen atoms in total. The number of nitrogens with zero attached hydrogens (tertiary/aromatic N) is 3. The first-order valence-electron chi connectivity index (χ1n) is 9.51. The van der Waals surface area contributed by atoms with Crippen LogP contribution >= 0.6 is 24.0 Å². The summed E-state index contributed by atoms with van der Waals surface area (Å²) in [6.07, 6.45) is 5.76. The lowest BCUT2D eigenvalue weighted by atomic mass is 10.0. The van der Waals surface area contributed by atoms with E-state index in [1.165, 1.54) is 31.2 Å². The molecule has 0 unspecified atom stereocenters. The molecule has 3 fully saturated rings. The summed E-state index contributed by atoms with van der Waals surface area (Å²) >= 11 is 0. The predicted molar refractivity (Wildman–Crippen MR) is 114 cm³/mol. The molecule has 0 aromatic heterocycles. The zero-order valence-corrected chi connectivity index (χ0v) is 17.6. The third-order valence-electron chi connectivity index (χ3n) is 6.07. The van der Waals surface area contributed by atoms with Crippen LogP contribution in [-0.4, -0.2) is 55.5 Å². The molecule has 1 aromatic rings. The van der Waals surface area contributed by atoms with Gasteiger partial charge in [-0.2, -0.15) is 0 Å². The van der Waals surface area contributed by atoms with Gasteiger partial charge in [0.2, 0.25) is 0 Å². The maximum Gasteiger partial charge on any atom is 0.193 e. The zero-order valence-electron chi connectivity index (χ0n) is 15.3. The van der Waals surface area contributed by atoms with E-state index in [1.54, 1.807) is 0 Å². The molecule has 4 rings (SSSR count). The number of halogens is 1. The molecule has 1 heterocycles. The van der Waals surface area contributed by atoms with E-state index in [2.05, 4.69) is 50.4 Å². The van der Waals surface area contributed by atoms with Gasteiger partial charge in [-0.3, -0.25) is 9.89 Å². The van der Waals surface area contributed by atoms with Gasteiger partial charge < -0.3 is 10.2 Å². The highest BCUT2D eigenvalue weighted by Crippen LogP contribution is 2.60. The van der Waals surface area contributed by atoms with Crippen LogP contribution in [0.2, 0.25) is 0 Å². The van der Waals surface area contributed by atoms with Crippen LogP contribution in [0, 0.1) is 11.3 Å². The molecule has 1 aliphatic heterocycles. The number of guanidine groups is 1. The van der Waals surface area contributed by atoms with Crippen molar-refractivity contribution in [2.45, 2.75) is 32.2 Å². The molecule has 2 aliphatic carbocycles. The summed E-state index contributed by atoms with van der Waals surface area (Å²) in [5, 5.41) is 3.69. The lowest BCUT2D eigenvalue weighted by Gasteiger charge is -2.37. The highest BCUT2D eigenvalue weighted by molar-refractivity contribution is 14.0. The molecule has 1 aromatic carbocycles. The lowest BCUT2D eigenvalue weighted by molar-refractivity contribution is 0.172. The number of nitrogens with one attached hydrogen (secondary N) is 1. The average molecular weight is 454 g/mol. The topological polar surface area (TPSA) is 30.9 Å². The first-order valence-corrected chi connectivity index (χ1v) is 9.51. The van der Waals surface area contributed by atoms with Gasteiger partial charge in [0.1, 0.15) is 0 Å². The number of hydrogen-bond acceptors (Lipinski definition) is 2. The molecule has 1 saturated heterocycles. The molecule has 2 saturated carbocycles. The highest BCUT2D eigenvalue weighted by atomic mass is 127. The van der Waals surface area contributed by atoms with Gasteiger partial charge in [0, 0.05) is 46.3 Å². The Kier molecular flexibility index (Phi) is 6.25.